The summed E-state index contributed by atoms with van der Waals surface area (Å²) in [4.78, 5) is 40.6. The number of aliphatic hydroxyl groups is 8. The maximum atomic E-state index is 10.7. The molecule has 0 fully saturated rings. The van der Waals surface area contributed by atoms with Gasteiger partial charge in [-0.3, -0.25) is 0 Å². The number of methoxy groups -OCH3 is 1. The number of carbonyl (C=O) groups is 4. The molecule has 0 spiro atoms. The molecular formula is C13H22O14. The highest BCUT2D eigenvalue weighted by atomic mass is 16.5. The van der Waals surface area contributed by atoms with Gasteiger partial charge in [0.25, 0.3) is 0 Å². The first-order valence-corrected chi connectivity index (χ1v) is 7.03. The summed E-state index contributed by atoms with van der Waals surface area (Å²) in [6, 6.07) is 0. The molecule has 0 aliphatic heterocycles. The summed E-state index contributed by atoms with van der Waals surface area (Å²) in [5, 5.41) is 79.0. The van der Waals surface area contributed by atoms with E-state index >= 15 is 0 Å². The fourth-order valence-corrected chi connectivity index (χ4v) is 1.34. The van der Waals surface area contributed by atoms with Gasteiger partial charge >= 0.3 is 11.9 Å². The molecule has 0 heterocycles. The molecule has 0 bridgehead atoms. The van der Waals surface area contributed by atoms with E-state index in [9.17, 15) is 19.2 Å². The number of carboxylic acid groups (broad SMARTS) is 1. The van der Waals surface area contributed by atoms with Crippen LogP contribution in [0.2, 0.25) is 0 Å². The lowest BCUT2D eigenvalue weighted by Crippen LogP contribution is -2.48. The number of hydrogen-bond acceptors (Lipinski definition) is 13. The minimum absolute atomic E-state index is 0.0299. The number of aldehydes is 2. The van der Waals surface area contributed by atoms with Gasteiger partial charge in [-0.15, -0.1) is 0 Å². The lowest BCUT2D eigenvalue weighted by atomic mass is 10.0. The predicted octanol–water partition coefficient (Wildman–Crippen LogP) is -6.48. The molecule has 14 heteroatoms. The average molecular weight is 402 g/mol. The van der Waals surface area contributed by atoms with E-state index in [1.54, 1.807) is 0 Å². The highest BCUT2D eigenvalue weighted by Gasteiger charge is 2.35. The zero-order valence-corrected chi connectivity index (χ0v) is 13.8. The van der Waals surface area contributed by atoms with E-state index in [0.29, 0.717) is 0 Å². The molecular weight excluding hydrogens is 380 g/mol. The van der Waals surface area contributed by atoms with Gasteiger partial charge in [0.05, 0.1) is 7.11 Å². The quantitative estimate of drug-likeness (QED) is 0.122. The summed E-state index contributed by atoms with van der Waals surface area (Å²) in [6.45, 7) is 0. The van der Waals surface area contributed by atoms with Gasteiger partial charge in [-0.2, -0.15) is 0 Å². The van der Waals surface area contributed by atoms with Gasteiger partial charge in [0, 0.05) is 0 Å². The maximum absolute atomic E-state index is 10.7. The van der Waals surface area contributed by atoms with Gasteiger partial charge in [-0.25, -0.2) is 9.59 Å². The Bertz CT molecular complexity index is 482. The first-order chi connectivity index (χ1) is 12.4. The molecule has 14 nitrogen and oxygen atoms in total. The van der Waals surface area contributed by atoms with Crippen molar-refractivity contribution in [3.05, 3.63) is 0 Å². The van der Waals surface area contributed by atoms with E-state index in [-0.39, 0.29) is 12.6 Å². The summed E-state index contributed by atoms with van der Waals surface area (Å²) in [6.07, 6.45) is -16.2. The number of carbonyl (C=O) groups excluding carboxylic acids is 3. The molecule has 0 amide bonds. The molecule has 0 saturated carbocycles. The van der Waals surface area contributed by atoms with E-state index in [1.165, 1.54) is 0 Å². The minimum Gasteiger partial charge on any atom is -0.479 e. The van der Waals surface area contributed by atoms with E-state index in [0.717, 1.165) is 7.11 Å². The van der Waals surface area contributed by atoms with Crippen molar-refractivity contribution in [3.63, 3.8) is 0 Å². The molecule has 0 aromatic heterocycles. The van der Waals surface area contributed by atoms with E-state index in [1.807, 2.05) is 0 Å². The van der Waals surface area contributed by atoms with Crippen LogP contribution in [0.4, 0.5) is 0 Å². The van der Waals surface area contributed by atoms with Gasteiger partial charge < -0.3 is 60.3 Å². The Morgan fingerprint density at radius 3 is 1.30 bits per heavy atom. The normalized spacial score (nSPS) is 19.6. The van der Waals surface area contributed by atoms with Crippen LogP contribution < -0.4 is 0 Å². The monoisotopic (exact) mass is 402 g/mol. The van der Waals surface area contributed by atoms with E-state index in [2.05, 4.69) is 4.74 Å². The molecule has 0 aliphatic rings. The number of aliphatic carboxylic acids is 1. The Morgan fingerprint density at radius 2 is 1.04 bits per heavy atom. The standard InChI is InChI=1S/C7H12O7.C6H10O7/c1-14-7(13)6(12)5(11)4(10)3(9)2-8;7-1-2(8)3(9)4(10)5(11)6(12)13/h2-6,9-12H,1H3;1-5,8-11H,(H,12,13)/t3-,4+,5+,6-;2-,3+,4+,5-/m00/s1. The summed E-state index contributed by atoms with van der Waals surface area (Å²) >= 11 is 0. The second-order valence-corrected chi connectivity index (χ2v) is 4.97. The highest BCUT2D eigenvalue weighted by Crippen LogP contribution is 2.05. The third kappa shape index (κ3) is 8.94. The average Bonchev–Trinajstić information content (AvgIpc) is 2.68. The zero-order chi connectivity index (χ0) is 21.9. The van der Waals surface area contributed by atoms with Gasteiger partial charge in [0.1, 0.15) is 36.6 Å². The Kier molecular flexibility index (Phi) is 13.3. The van der Waals surface area contributed by atoms with Gasteiger partial charge in [0.2, 0.25) is 0 Å². The number of hydrogen-bond donors (Lipinski definition) is 9. The first-order valence-electron chi connectivity index (χ1n) is 7.03. The SMILES string of the molecule is COC(=O)[C@@H](O)[C@H](O)[C@H](O)[C@@H](O)C=O.O=C[C@H](O)[C@@H](O)[C@@H](O)[C@H](O)C(=O)O. The van der Waals surface area contributed by atoms with Crippen molar-refractivity contribution in [2.45, 2.75) is 48.8 Å². The van der Waals surface area contributed by atoms with Crippen LogP contribution in [0.25, 0.3) is 0 Å². The highest BCUT2D eigenvalue weighted by molar-refractivity contribution is 5.75. The van der Waals surface area contributed by atoms with Crippen LogP contribution in [0.3, 0.4) is 0 Å². The summed E-state index contributed by atoms with van der Waals surface area (Å²) in [5.74, 6) is -2.93. The van der Waals surface area contributed by atoms with Gasteiger partial charge in [-0.05, 0) is 0 Å². The van der Waals surface area contributed by atoms with E-state index in [4.69, 9.17) is 46.0 Å². The molecule has 0 aromatic carbocycles. The molecule has 0 unspecified atom stereocenters. The van der Waals surface area contributed by atoms with Crippen LogP contribution in [-0.2, 0) is 23.9 Å². The predicted molar refractivity (Wildman–Crippen MR) is 79.8 cm³/mol. The molecule has 8 atom stereocenters. The summed E-state index contributed by atoms with van der Waals surface area (Å²) in [7, 11) is 0.973. The van der Waals surface area contributed by atoms with Crippen molar-refractivity contribution in [1.29, 1.82) is 0 Å². The number of rotatable bonds is 10. The lowest BCUT2D eigenvalue weighted by molar-refractivity contribution is -0.166. The number of esters is 1. The Balaban J connectivity index is 0. The lowest BCUT2D eigenvalue weighted by Gasteiger charge is -2.22. The summed E-state index contributed by atoms with van der Waals surface area (Å²) < 4.78 is 4.07. The topological polar surface area (TPSA) is 260 Å². The van der Waals surface area contributed by atoms with Crippen LogP contribution in [0.1, 0.15) is 0 Å². The van der Waals surface area contributed by atoms with Crippen LogP contribution in [0.15, 0.2) is 0 Å². The van der Waals surface area contributed by atoms with Gasteiger partial charge in [-0.1, -0.05) is 0 Å². The number of ether oxygens (including phenoxy) is 1. The first kappa shape index (κ1) is 27.2. The second-order valence-electron chi connectivity index (χ2n) is 4.97. The number of carboxylic acids is 1. The van der Waals surface area contributed by atoms with Crippen LogP contribution in [0, 0.1) is 0 Å². The molecule has 0 saturated heterocycles. The Morgan fingerprint density at radius 1 is 0.704 bits per heavy atom. The van der Waals surface area contributed by atoms with Crippen molar-refractivity contribution in [3.8, 4) is 0 Å². The van der Waals surface area contributed by atoms with Crippen molar-refractivity contribution < 1.29 is 69.9 Å². The summed E-state index contributed by atoms with van der Waals surface area (Å²) in [5.41, 5.74) is 0. The zero-order valence-electron chi connectivity index (χ0n) is 13.8. The molecule has 9 N–H and O–H groups in total. The van der Waals surface area contributed by atoms with Crippen LogP contribution in [-0.4, -0.2) is 126 Å². The van der Waals surface area contributed by atoms with Crippen LogP contribution >= 0.6 is 0 Å². The smallest absolute Gasteiger partial charge is 0.337 e. The van der Waals surface area contributed by atoms with Crippen molar-refractivity contribution >= 4 is 24.5 Å². The largest absolute Gasteiger partial charge is 0.479 e. The Hall–Kier alpha value is -2.04. The minimum atomic E-state index is -2.25. The Labute approximate surface area is 151 Å². The molecule has 27 heavy (non-hydrogen) atoms. The van der Waals surface area contributed by atoms with Crippen molar-refractivity contribution in [2.24, 2.45) is 0 Å². The molecule has 0 radical (unpaired) electrons. The molecule has 158 valence electrons. The fourth-order valence-electron chi connectivity index (χ4n) is 1.34. The molecule has 0 rings (SSSR count). The third-order valence-electron chi connectivity index (χ3n) is 3.02. The molecule has 0 aromatic rings. The number of aliphatic hydroxyl groups excluding tert-OH is 8. The van der Waals surface area contributed by atoms with Crippen LogP contribution in [0.5, 0.6) is 0 Å². The second kappa shape index (κ2) is 13.2. The van der Waals surface area contributed by atoms with Crippen molar-refractivity contribution in [1.82, 2.24) is 0 Å². The fraction of sp³-hybridized carbons (Fsp3) is 0.692. The van der Waals surface area contributed by atoms with Crippen molar-refractivity contribution in [2.75, 3.05) is 7.11 Å². The molecule has 0 aliphatic carbocycles. The van der Waals surface area contributed by atoms with E-state index < -0.39 is 60.8 Å². The maximum Gasteiger partial charge on any atom is 0.337 e. The third-order valence-corrected chi connectivity index (χ3v) is 3.02. The van der Waals surface area contributed by atoms with Gasteiger partial charge in [0.15, 0.2) is 24.8 Å².